The van der Waals surface area contributed by atoms with Gasteiger partial charge in [0, 0.05) is 32.9 Å². The maximum atomic E-state index is 12.8. The van der Waals surface area contributed by atoms with Crippen molar-refractivity contribution in [2.24, 2.45) is 5.73 Å². The quantitative estimate of drug-likeness (QED) is 0.0238. The molecule has 57 heavy (non-hydrogen) atoms. The minimum absolute atomic E-state index is 0.0714. The van der Waals surface area contributed by atoms with E-state index in [1.165, 1.54) is 14.0 Å². The van der Waals surface area contributed by atoms with Crippen LogP contribution in [0.4, 0.5) is 11.6 Å². The second-order valence-corrected chi connectivity index (χ2v) is 13.7. The highest BCUT2D eigenvalue weighted by Crippen LogP contribution is 2.22. The van der Waals surface area contributed by atoms with E-state index in [0.29, 0.717) is 38.8 Å². The van der Waals surface area contributed by atoms with Crippen LogP contribution < -0.4 is 38.5 Å². The minimum atomic E-state index is -0.909. The molecule has 3 rings (SSSR count). The number of rotatable bonds is 22. The van der Waals surface area contributed by atoms with Gasteiger partial charge in [0.1, 0.15) is 6.04 Å². The highest BCUT2D eigenvalue weighted by molar-refractivity contribution is 6.36. The molecule has 3 aromatic rings. The van der Waals surface area contributed by atoms with E-state index >= 15 is 0 Å². The summed E-state index contributed by atoms with van der Waals surface area (Å²) in [7, 11) is 1.26. The van der Waals surface area contributed by atoms with Gasteiger partial charge in [-0.3, -0.25) is 34.7 Å². The predicted octanol–water partition coefficient (Wildman–Crippen LogP) is 2.38. The zero-order valence-corrected chi connectivity index (χ0v) is 32.9. The van der Waals surface area contributed by atoms with E-state index in [2.05, 4.69) is 55.5 Å². The van der Waals surface area contributed by atoms with Crippen LogP contribution in [0.3, 0.4) is 0 Å². The molecule has 0 saturated heterocycles. The highest BCUT2D eigenvalue weighted by atomic mass is 35.5. The molecule has 18 heteroatoms. The molecule has 0 fully saturated rings. The van der Waals surface area contributed by atoms with Gasteiger partial charge in [-0.15, -0.1) is 0 Å². The first-order valence-electron chi connectivity index (χ1n) is 18.5. The zero-order chi connectivity index (χ0) is 41.9. The van der Waals surface area contributed by atoms with Crippen LogP contribution in [0.1, 0.15) is 79.9 Å². The van der Waals surface area contributed by atoms with Crippen molar-refractivity contribution in [1.29, 1.82) is 5.41 Å². The average molecular weight is 807 g/mol. The minimum Gasteiger partial charge on any atom is -0.467 e. The number of carbonyl (C=O) groups is 6. The van der Waals surface area contributed by atoms with Crippen LogP contribution in [-0.4, -0.2) is 83.5 Å². The molecule has 0 aliphatic heterocycles. The number of nitrogen functional groups attached to an aromatic ring is 2. The van der Waals surface area contributed by atoms with Crippen molar-refractivity contribution >= 4 is 64.5 Å². The Morgan fingerprint density at radius 3 is 2.00 bits per heavy atom. The number of ketones is 2. The number of halogens is 1. The van der Waals surface area contributed by atoms with Gasteiger partial charge in [0.15, 0.2) is 40.0 Å². The number of ether oxygens (including phenoxy) is 1. The molecule has 3 amide bonds. The number of hydrogen-bond acceptors (Lipinski definition) is 13. The van der Waals surface area contributed by atoms with Crippen LogP contribution in [0.25, 0.3) is 11.1 Å². The van der Waals surface area contributed by atoms with E-state index in [4.69, 9.17) is 38.9 Å². The standard InChI is InChI=1S/C39H51ClN10O7/c1-23(51)30(52)19-18-28(41)36(54)45-21-6-4-8-29(38(56)57-2)47-31(53)20-13-25-11-16-27(17-12-25)26-14-9-24(10-15-26)7-3-5-22-46-39(44)50-37(55)32-34(42)49-35(43)33(40)48-32/h9-12,14-17,28-29H,3-8,13,18-22,41H2,1-2H3,(H,45,54)(H,47,53)(H4,42,43,49)(H3,44,46,50,55)/t28-,29-/m1/s1. The van der Waals surface area contributed by atoms with Gasteiger partial charge in [0.2, 0.25) is 11.8 Å². The first-order chi connectivity index (χ1) is 27.2. The number of nitrogens with one attached hydrogen (secondary N) is 5. The SMILES string of the molecule is COC(=O)[C@@H](CCCCNC(=O)[C@H](N)CCC(=O)C(C)=O)NC(=O)CCc1ccc(-c2ccc(CCCCNC(=N)NC(=O)c3nc(Cl)c(N)nc3N)cc2)cc1. The molecule has 0 radical (unpaired) electrons. The number of hydrogen-bond donors (Lipinski definition) is 8. The lowest BCUT2D eigenvalue weighted by Crippen LogP contribution is -2.42. The smallest absolute Gasteiger partial charge is 0.328 e. The van der Waals surface area contributed by atoms with E-state index in [-0.39, 0.29) is 53.6 Å². The summed E-state index contributed by atoms with van der Waals surface area (Å²) < 4.78 is 4.87. The van der Waals surface area contributed by atoms with Crippen molar-refractivity contribution in [2.75, 3.05) is 31.7 Å². The predicted molar refractivity (Wildman–Crippen MR) is 216 cm³/mol. The van der Waals surface area contributed by atoms with Gasteiger partial charge < -0.3 is 37.9 Å². The molecule has 17 nitrogen and oxygen atoms in total. The van der Waals surface area contributed by atoms with Crippen molar-refractivity contribution < 1.29 is 33.5 Å². The summed E-state index contributed by atoms with van der Waals surface area (Å²) >= 11 is 5.82. The molecule has 306 valence electrons. The summed E-state index contributed by atoms with van der Waals surface area (Å²) in [4.78, 5) is 79.7. The van der Waals surface area contributed by atoms with Gasteiger partial charge in [-0.1, -0.05) is 60.1 Å². The molecule has 0 aliphatic carbocycles. The summed E-state index contributed by atoms with van der Waals surface area (Å²) in [6.07, 6.45) is 4.44. The number of aryl methyl sites for hydroxylation is 2. The molecule has 0 spiro atoms. The molecule has 1 heterocycles. The third kappa shape index (κ3) is 15.6. The number of esters is 1. The van der Waals surface area contributed by atoms with Crippen molar-refractivity contribution in [2.45, 2.75) is 83.2 Å². The fraction of sp³-hybridized carbons (Fsp3) is 0.410. The molecule has 1 aromatic heterocycles. The maximum absolute atomic E-state index is 12.8. The van der Waals surface area contributed by atoms with E-state index in [1.807, 2.05) is 24.3 Å². The Balaban J connectivity index is 1.34. The normalized spacial score (nSPS) is 11.8. The van der Waals surface area contributed by atoms with Gasteiger partial charge in [0.05, 0.1) is 13.2 Å². The summed E-state index contributed by atoms with van der Waals surface area (Å²) in [6, 6.07) is 14.4. The van der Waals surface area contributed by atoms with Crippen LogP contribution in [0, 0.1) is 5.41 Å². The van der Waals surface area contributed by atoms with Crippen LogP contribution in [0.5, 0.6) is 0 Å². The Bertz CT molecular complexity index is 1890. The van der Waals surface area contributed by atoms with Crippen LogP contribution >= 0.6 is 11.6 Å². The second-order valence-electron chi connectivity index (χ2n) is 13.3. The fourth-order valence-electron chi connectivity index (χ4n) is 5.55. The van der Waals surface area contributed by atoms with Gasteiger partial charge >= 0.3 is 5.97 Å². The van der Waals surface area contributed by atoms with E-state index in [1.54, 1.807) is 0 Å². The number of guanidine groups is 1. The van der Waals surface area contributed by atoms with Crippen LogP contribution in [0.2, 0.25) is 5.15 Å². The van der Waals surface area contributed by atoms with E-state index in [9.17, 15) is 28.8 Å². The molecule has 0 saturated carbocycles. The number of amides is 3. The first kappa shape index (κ1) is 45.4. The van der Waals surface area contributed by atoms with Crippen molar-refractivity contribution in [3.8, 4) is 11.1 Å². The monoisotopic (exact) mass is 806 g/mol. The average Bonchev–Trinajstić information content (AvgIpc) is 3.19. The maximum Gasteiger partial charge on any atom is 0.328 e. The third-order valence-electron chi connectivity index (χ3n) is 8.89. The Labute approximate surface area is 336 Å². The van der Waals surface area contributed by atoms with Crippen LogP contribution in [0.15, 0.2) is 48.5 Å². The van der Waals surface area contributed by atoms with Crippen LogP contribution in [-0.2, 0) is 41.6 Å². The second kappa shape index (κ2) is 23.2. The largest absolute Gasteiger partial charge is 0.467 e. The molecule has 0 aliphatic rings. The Morgan fingerprint density at radius 1 is 0.789 bits per heavy atom. The number of anilines is 2. The molecule has 2 atom stereocenters. The number of Topliss-reactive ketones (excluding diaryl/α,β-unsaturated/α-hetero) is 2. The van der Waals surface area contributed by atoms with Gasteiger partial charge in [-0.25, -0.2) is 14.8 Å². The summed E-state index contributed by atoms with van der Waals surface area (Å²) in [5.41, 5.74) is 21.0. The first-order valence-corrected chi connectivity index (χ1v) is 18.9. The van der Waals surface area contributed by atoms with Gasteiger partial charge in [0.25, 0.3) is 5.91 Å². The number of carbonyl (C=O) groups excluding carboxylic acids is 6. The molecule has 2 aromatic carbocycles. The lowest BCUT2D eigenvalue weighted by Gasteiger charge is -2.17. The molecular weight excluding hydrogens is 756 g/mol. The van der Waals surface area contributed by atoms with Crippen molar-refractivity contribution in [3.63, 3.8) is 0 Å². The van der Waals surface area contributed by atoms with E-state index < -0.39 is 41.4 Å². The third-order valence-corrected chi connectivity index (χ3v) is 9.16. The summed E-state index contributed by atoms with van der Waals surface area (Å²) in [5, 5.41) is 18.5. The Morgan fingerprint density at radius 2 is 1.39 bits per heavy atom. The Kier molecular flexibility index (Phi) is 18.5. The zero-order valence-electron chi connectivity index (χ0n) is 32.1. The summed E-state index contributed by atoms with van der Waals surface area (Å²) in [6.45, 7) is 1.94. The van der Waals surface area contributed by atoms with E-state index in [0.717, 1.165) is 41.5 Å². The topological polar surface area (TPSA) is 287 Å². The van der Waals surface area contributed by atoms with Crippen molar-refractivity contribution in [1.82, 2.24) is 31.2 Å². The summed E-state index contributed by atoms with van der Waals surface area (Å²) in [5.74, 6) is -3.61. The lowest BCUT2D eigenvalue weighted by molar-refractivity contribution is -0.145. The number of methoxy groups -OCH3 is 1. The Hall–Kier alpha value is -5.94. The number of benzene rings is 2. The molecule has 0 unspecified atom stereocenters. The molecule has 11 N–H and O–H groups in total. The van der Waals surface area contributed by atoms with Gasteiger partial charge in [-0.05, 0) is 73.6 Å². The number of nitrogens with two attached hydrogens (primary N) is 3. The number of nitrogens with zero attached hydrogens (tertiary/aromatic N) is 2. The fourth-order valence-corrected chi connectivity index (χ4v) is 5.67. The lowest BCUT2D eigenvalue weighted by atomic mass is 9.99. The highest BCUT2D eigenvalue weighted by Gasteiger charge is 2.22. The number of unbranched alkanes of at least 4 members (excludes halogenated alkanes) is 2. The van der Waals surface area contributed by atoms with Gasteiger partial charge in [-0.2, -0.15) is 0 Å². The number of aromatic nitrogens is 2. The molecule has 0 bridgehead atoms. The van der Waals surface area contributed by atoms with Crippen molar-refractivity contribution in [3.05, 3.63) is 70.5 Å². The molecular formula is C39H51ClN10O7.